The highest BCUT2D eigenvalue weighted by Crippen LogP contribution is 2.87. The lowest BCUT2D eigenvalue weighted by Gasteiger charge is -2.82. The van der Waals surface area contributed by atoms with Gasteiger partial charge in [-0.15, -0.1) is 0 Å². The van der Waals surface area contributed by atoms with E-state index in [-0.39, 0.29) is 50.4 Å². The summed E-state index contributed by atoms with van der Waals surface area (Å²) in [7, 11) is 0. The number of aliphatic carboxylic acids is 1. The smallest absolute Gasteiger partial charge is 0.309 e. The highest BCUT2D eigenvalue weighted by Gasteiger charge is 2.82. The van der Waals surface area contributed by atoms with Gasteiger partial charge in [0.05, 0.1) is 17.6 Å². The van der Waals surface area contributed by atoms with Crippen LogP contribution in [-0.4, -0.2) is 39.3 Å². The molecular weight excluding hydrogens is 548 g/mol. The molecule has 6 saturated carbocycles. The predicted molar refractivity (Wildman–Crippen MR) is 170 cm³/mol. The molecule has 44 heavy (non-hydrogen) atoms. The van der Waals surface area contributed by atoms with E-state index in [9.17, 15) is 20.1 Å². The molecule has 1 heterocycles. The molecule has 1 saturated heterocycles. The molecule has 0 radical (unpaired) electrons. The fourth-order valence-electron chi connectivity index (χ4n) is 15.2. The number of hydrogen-bond acceptors (Lipinski definition) is 4. The summed E-state index contributed by atoms with van der Waals surface area (Å²) in [6.45, 7) is 12.0. The maximum Gasteiger partial charge on any atom is 0.309 e. The van der Waals surface area contributed by atoms with Gasteiger partial charge < -0.3 is 20.1 Å². The largest absolute Gasteiger partial charge is 0.481 e. The van der Waals surface area contributed by atoms with E-state index < -0.39 is 23.3 Å². The van der Waals surface area contributed by atoms with Crippen LogP contribution >= 0.6 is 0 Å². The van der Waals surface area contributed by atoms with Gasteiger partial charge in [-0.3, -0.25) is 4.79 Å². The molecule has 6 aliphatic carbocycles. The van der Waals surface area contributed by atoms with Crippen LogP contribution in [0, 0.1) is 55.7 Å². The Bertz CT molecular complexity index is 1360. The van der Waals surface area contributed by atoms with E-state index in [2.05, 4.69) is 58.0 Å². The Balaban J connectivity index is 1.25. The molecule has 3 N–H and O–H groups in total. The third-order valence-electron chi connectivity index (χ3n) is 17.5. The number of ether oxygens (including phenoxy) is 1. The molecule has 1 aromatic rings. The lowest BCUT2D eigenvalue weighted by atomic mass is 9.22. The molecule has 13 atom stereocenters. The minimum absolute atomic E-state index is 0.0290. The Kier molecular flexibility index (Phi) is 6.07. The zero-order chi connectivity index (χ0) is 31.2. The number of carbonyl (C=O) groups is 1. The maximum absolute atomic E-state index is 12.7. The van der Waals surface area contributed by atoms with Crippen molar-refractivity contribution in [1.82, 2.24) is 0 Å². The van der Waals surface area contributed by atoms with Crippen LogP contribution in [0.5, 0.6) is 0 Å². The number of carboxylic acid groups (broad SMARTS) is 1. The minimum atomic E-state index is -1.28. The van der Waals surface area contributed by atoms with Gasteiger partial charge in [0.2, 0.25) is 0 Å². The fraction of sp³-hybridized carbons (Fsp3) is 0.821. The lowest BCUT2D eigenvalue weighted by Crippen LogP contribution is -2.76. The highest BCUT2D eigenvalue weighted by atomic mass is 16.6. The van der Waals surface area contributed by atoms with Gasteiger partial charge in [0.15, 0.2) is 5.79 Å². The summed E-state index contributed by atoms with van der Waals surface area (Å²) in [6.07, 6.45) is 13.4. The van der Waals surface area contributed by atoms with Crippen LogP contribution in [0.15, 0.2) is 30.3 Å². The molecule has 0 unspecified atom stereocenters. The van der Waals surface area contributed by atoms with Crippen molar-refractivity contribution < 1.29 is 24.9 Å². The molecule has 242 valence electrons. The van der Waals surface area contributed by atoms with E-state index in [0.717, 1.165) is 51.4 Å². The summed E-state index contributed by atoms with van der Waals surface area (Å²) >= 11 is 0. The topological polar surface area (TPSA) is 87.0 Å². The molecule has 5 heteroatoms. The summed E-state index contributed by atoms with van der Waals surface area (Å²) in [5.41, 5.74) is 0.843. The number of rotatable bonds is 3. The molecule has 4 bridgehead atoms. The molecule has 1 aliphatic heterocycles. The summed E-state index contributed by atoms with van der Waals surface area (Å²) in [5, 5.41) is 34.6. The van der Waals surface area contributed by atoms with Crippen LogP contribution in [0.3, 0.4) is 0 Å². The van der Waals surface area contributed by atoms with Crippen molar-refractivity contribution in [3.05, 3.63) is 35.9 Å². The van der Waals surface area contributed by atoms with Gasteiger partial charge in [0, 0.05) is 17.8 Å². The average Bonchev–Trinajstić information content (AvgIpc) is 3.09. The van der Waals surface area contributed by atoms with Crippen LogP contribution < -0.4 is 0 Å². The fourth-order valence-corrected chi connectivity index (χ4v) is 15.2. The van der Waals surface area contributed by atoms with Crippen molar-refractivity contribution in [1.29, 1.82) is 0 Å². The first-order valence-corrected chi connectivity index (χ1v) is 18.0. The van der Waals surface area contributed by atoms with Gasteiger partial charge in [-0.2, -0.15) is 0 Å². The van der Waals surface area contributed by atoms with Crippen molar-refractivity contribution in [3.8, 4) is 0 Å². The number of carboxylic acids is 1. The van der Waals surface area contributed by atoms with Crippen LogP contribution in [0.2, 0.25) is 0 Å². The normalized spacial score (nSPS) is 57.4. The molecule has 2 spiro atoms. The molecule has 0 amide bonds. The summed E-state index contributed by atoms with van der Waals surface area (Å²) in [6, 6.07) is 10.6. The van der Waals surface area contributed by atoms with Crippen molar-refractivity contribution in [2.45, 2.75) is 143 Å². The Hall–Kier alpha value is -1.43. The van der Waals surface area contributed by atoms with Crippen molar-refractivity contribution in [2.24, 2.45) is 55.7 Å². The Morgan fingerprint density at radius 2 is 1.61 bits per heavy atom. The second kappa shape index (κ2) is 8.92. The van der Waals surface area contributed by atoms with Gasteiger partial charge in [0.25, 0.3) is 0 Å². The number of aliphatic hydroxyl groups is 2. The quantitative estimate of drug-likeness (QED) is 0.328. The van der Waals surface area contributed by atoms with Crippen LogP contribution in [0.25, 0.3) is 0 Å². The molecule has 7 fully saturated rings. The summed E-state index contributed by atoms with van der Waals surface area (Å²) < 4.78 is 6.75. The van der Waals surface area contributed by atoms with E-state index in [4.69, 9.17) is 4.74 Å². The second-order valence-corrected chi connectivity index (χ2v) is 18.3. The van der Waals surface area contributed by atoms with Crippen molar-refractivity contribution in [2.75, 3.05) is 0 Å². The van der Waals surface area contributed by atoms with E-state index in [1.54, 1.807) is 0 Å². The lowest BCUT2D eigenvalue weighted by molar-refractivity contribution is -0.344. The Morgan fingerprint density at radius 3 is 2.34 bits per heavy atom. The van der Waals surface area contributed by atoms with Gasteiger partial charge >= 0.3 is 5.97 Å². The van der Waals surface area contributed by atoms with Crippen LogP contribution in [0.4, 0.5) is 0 Å². The molecule has 0 aromatic heterocycles. The van der Waals surface area contributed by atoms with E-state index in [1.165, 1.54) is 37.7 Å². The average molecular weight is 605 g/mol. The summed E-state index contributed by atoms with van der Waals surface area (Å²) in [4.78, 5) is 12.7. The third kappa shape index (κ3) is 3.21. The Labute approximate surface area is 264 Å². The predicted octanol–water partition coefficient (Wildman–Crippen LogP) is 7.77. The molecule has 8 rings (SSSR count). The van der Waals surface area contributed by atoms with Crippen molar-refractivity contribution in [3.63, 3.8) is 0 Å². The zero-order valence-electron chi connectivity index (χ0n) is 27.8. The second-order valence-electron chi connectivity index (χ2n) is 18.3. The first-order valence-electron chi connectivity index (χ1n) is 18.0. The van der Waals surface area contributed by atoms with Gasteiger partial charge in [-0.25, -0.2) is 0 Å². The standard InChI is InChI=1S/C39H56O5/c1-25-38-21-20-37-13-9-12-36(28-24-33(3,31(41)42)15-14-32(28,2)16-18-35(36,37)5)19-17-34(37,4)30(38)27(40)23-39(25,43)44-29(38)22-26-10-7-6-8-11-26/h6-8,10-11,25,27-30,40,43H,9,12-24H2,1-5H3,(H,41,42)/t25-,27-,28-,29+,30+,32-,33-,34+,35+,36+,37+,38-,39+/m1/s1. The number of hydrogen-bond donors (Lipinski definition) is 3. The zero-order valence-corrected chi connectivity index (χ0v) is 27.8. The van der Waals surface area contributed by atoms with Crippen molar-refractivity contribution >= 4 is 5.97 Å². The minimum Gasteiger partial charge on any atom is -0.481 e. The number of aliphatic hydroxyl groups excluding tert-OH is 1. The Morgan fingerprint density at radius 1 is 0.886 bits per heavy atom. The summed E-state index contributed by atoms with van der Waals surface area (Å²) in [5.74, 6) is -1.40. The monoisotopic (exact) mass is 604 g/mol. The van der Waals surface area contributed by atoms with Crippen LogP contribution in [0.1, 0.15) is 124 Å². The van der Waals surface area contributed by atoms with Gasteiger partial charge in [0.1, 0.15) is 0 Å². The SMILES string of the molecule is C[C@@H]1[C@@]23CC[C@@]45CCC[C@]6(CC[C@@]4(C)[C@@H]2[C@H](O)C[C@]1(O)O[C@H]3Cc1ccccc1)[C@@H]1C[C@](C)(C(=O)O)CC[C@]1(C)CC[C@@]65C. The van der Waals surface area contributed by atoms with Gasteiger partial charge in [-0.05, 0) is 128 Å². The molecule has 7 aliphatic rings. The maximum atomic E-state index is 12.7. The first kappa shape index (κ1) is 29.9. The van der Waals surface area contributed by atoms with Gasteiger partial charge in [-0.1, -0.05) is 64.4 Å². The number of benzene rings is 1. The highest BCUT2D eigenvalue weighted by molar-refractivity contribution is 5.74. The molecular formula is C39H56O5. The third-order valence-corrected chi connectivity index (χ3v) is 17.5. The van der Waals surface area contributed by atoms with Crippen LogP contribution in [-0.2, 0) is 16.0 Å². The first-order chi connectivity index (χ1) is 20.7. The van der Waals surface area contributed by atoms with E-state index in [1.807, 2.05) is 6.92 Å². The number of fused-ring (bicyclic) bond motifs is 3. The molecule has 1 aromatic carbocycles. The van der Waals surface area contributed by atoms with E-state index in [0.29, 0.717) is 12.3 Å². The van der Waals surface area contributed by atoms with E-state index >= 15 is 0 Å². The molecule has 5 nitrogen and oxygen atoms in total.